The van der Waals surface area contributed by atoms with Crippen molar-refractivity contribution in [3.63, 3.8) is 0 Å². The van der Waals surface area contributed by atoms with Gasteiger partial charge in [0.25, 0.3) is 0 Å². The van der Waals surface area contributed by atoms with E-state index >= 15 is 0 Å². The third-order valence-electron chi connectivity index (χ3n) is 12.2. The standard InChI is InChI=1S/C30H43NO4/c1-18(32)17-31-22-7-5-6-19(13-22)12-20-8-10-29(16-20)11-9-21-14-23-26-24(33)15-25(35-4)30(26,34)27(21,2)28(23,29)3/h5-7,13,18,20-21,23,25-26,31-32,34H,8-12,14-17H2,1-4H3/t18-,20+,21-,23-,25+,26+,27-,28-,29-,30+/m0/s1. The molecular weight excluding hydrogens is 438 g/mol. The molecule has 192 valence electrons. The SMILES string of the molecule is CO[C@@H]1CC(=O)[C@H]2[C@@H]3C[C@@H]4CC[C@]5(CC[C@H](Cc6cccc(NC[C@H](C)O)c6)C5)[C@]3(C)[C@@]4(C)[C@@]12O. The highest BCUT2D eigenvalue weighted by molar-refractivity contribution is 5.88. The van der Waals surface area contributed by atoms with Gasteiger partial charge in [-0.15, -0.1) is 0 Å². The minimum absolute atomic E-state index is 0.0232. The van der Waals surface area contributed by atoms with Gasteiger partial charge in [-0.1, -0.05) is 26.0 Å². The van der Waals surface area contributed by atoms with Crippen LogP contribution in [-0.2, 0) is 16.0 Å². The molecule has 0 amide bonds. The van der Waals surface area contributed by atoms with E-state index in [0.717, 1.165) is 18.5 Å². The lowest BCUT2D eigenvalue weighted by atomic mass is 9.44. The van der Waals surface area contributed by atoms with Gasteiger partial charge in [-0.05, 0) is 98.1 Å². The summed E-state index contributed by atoms with van der Waals surface area (Å²) in [5.41, 5.74) is 1.32. The molecule has 0 aliphatic heterocycles. The van der Waals surface area contributed by atoms with Crippen molar-refractivity contribution in [1.82, 2.24) is 0 Å². The number of aliphatic hydroxyl groups is 2. The summed E-state index contributed by atoms with van der Waals surface area (Å²) in [6.45, 7) is 7.17. The predicted octanol–water partition coefficient (Wildman–Crippen LogP) is 4.60. The lowest BCUT2D eigenvalue weighted by Gasteiger charge is -2.61. The van der Waals surface area contributed by atoms with E-state index in [0.29, 0.717) is 24.8 Å². The zero-order chi connectivity index (χ0) is 24.8. The van der Waals surface area contributed by atoms with E-state index in [1.807, 2.05) is 0 Å². The summed E-state index contributed by atoms with van der Waals surface area (Å²) in [5, 5.41) is 25.3. The molecule has 0 aromatic heterocycles. The fraction of sp³-hybridized carbons (Fsp3) is 0.767. The van der Waals surface area contributed by atoms with Gasteiger partial charge in [0, 0.05) is 31.2 Å². The molecular formula is C30H43NO4. The zero-order valence-electron chi connectivity index (χ0n) is 21.8. The molecule has 0 saturated heterocycles. The van der Waals surface area contributed by atoms with E-state index < -0.39 is 5.60 Å². The maximum atomic E-state index is 13.3. The van der Waals surface area contributed by atoms with E-state index in [-0.39, 0.29) is 46.1 Å². The van der Waals surface area contributed by atoms with Crippen LogP contribution in [0, 0.1) is 39.9 Å². The van der Waals surface area contributed by atoms with Gasteiger partial charge in [0.15, 0.2) is 0 Å². The van der Waals surface area contributed by atoms with Crippen LogP contribution in [0.3, 0.4) is 0 Å². The molecule has 0 radical (unpaired) electrons. The lowest BCUT2D eigenvalue weighted by Crippen LogP contribution is -2.63. The molecule has 5 nitrogen and oxygen atoms in total. The first-order valence-corrected chi connectivity index (χ1v) is 13.9. The van der Waals surface area contributed by atoms with Crippen LogP contribution in [0.15, 0.2) is 24.3 Å². The molecule has 1 aromatic carbocycles. The van der Waals surface area contributed by atoms with E-state index in [1.54, 1.807) is 14.0 Å². The summed E-state index contributed by atoms with van der Waals surface area (Å²) in [6.07, 6.45) is 7.86. The van der Waals surface area contributed by atoms with Crippen molar-refractivity contribution >= 4 is 11.5 Å². The van der Waals surface area contributed by atoms with Crippen molar-refractivity contribution in [2.24, 2.45) is 39.9 Å². The number of rotatable bonds is 6. The maximum absolute atomic E-state index is 13.3. The second-order valence-corrected chi connectivity index (χ2v) is 13.2. The zero-order valence-corrected chi connectivity index (χ0v) is 21.8. The van der Waals surface area contributed by atoms with Crippen molar-refractivity contribution in [3.05, 3.63) is 29.8 Å². The van der Waals surface area contributed by atoms with Crippen molar-refractivity contribution in [2.45, 2.75) is 89.9 Å². The second-order valence-electron chi connectivity index (χ2n) is 13.2. The fourth-order valence-corrected chi connectivity index (χ4v) is 10.7. The van der Waals surface area contributed by atoms with Crippen LogP contribution < -0.4 is 5.32 Å². The average Bonchev–Trinajstić information content (AvgIpc) is 3.43. The first-order valence-electron chi connectivity index (χ1n) is 13.9. The van der Waals surface area contributed by atoms with E-state index in [4.69, 9.17) is 4.74 Å². The van der Waals surface area contributed by atoms with Gasteiger partial charge >= 0.3 is 0 Å². The topological polar surface area (TPSA) is 78.8 Å². The molecule has 4 bridgehead atoms. The highest BCUT2D eigenvalue weighted by Gasteiger charge is 2.87. The Kier molecular flexibility index (Phi) is 5.33. The molecule has 35 heavy (non-hydrogen) atoms. The number of ketones is 1. The largest absolute Gasteiger partial charge is 0.392 e. The molecule has 6 rings (SSSR count). The van der Waals surface area contributed by atoms with Crippen LogP contribution in [0.2, 0.25) is 0 Å². The smallest absolute Gasteiger partial charge is 0.141 e. The van der Waals surface area contributed by atoms with Gasteiger partial charge in [-0.25, -0.2) is 0 Å². The van der Waals surface area contributed by atoms with Crippen LogP contribution in [0.5, 0.6) is 0 Å². The summed E-state index contributed by atoms with van der Waals surface area (Å²) in [7, 11) is 1.68. The van der Waals surface area contributed by atoms with Crippen molar-refractivity contribution < 1.29 is 19.7 Å². The second kappa shape index (κ2) is 7.79. The molecule has 0 unspecified atom stereocenters. The number of nitrogens with one attached hydrogen (secondary N) is 1. The van der Waals surface area contributed by atoms with E-state index in [1.165, 1.54) is 37.7 Å². The molecule has 3 N–H and O–H groups in total. The Morgan fingerprint density at radius 3 is 2.71 bits per heavy atom. The van der Waals surface area contributed by atoms with E-state index in [9.17, 15) is 15.0 Å². The third kappa shape index (κ3) is 2.84. The fourth-order valence-electron chi connectivity index (χ4n) is 10.7. The Hall–Kier alpha value is -1.43. The number of hydrogen-bond donors (Lipinski definition) is 3. The summed E-state index contributed by atoms with van der Waals surface area (Å²) in [4.78, 5) is 13.3. The number of ether oxygens (including phenoxy) is 1. The molecule has 5 aliphatic rings. The Labute approximate surface area is 210 Å². The minimum Gasteiger partial charge on any atom is -0.392 e. The summed E-state index contributed by atoms with van der Waals surface area (Å²) in [5.74, 6) is 1.39. The van der Waals surface area contributed by atoms with Gasteiger partial charge < -0.3 is 20.3 Å². The van der Waals surface area contributed by atoms with Crippen LogP contribution in [0.25, 0.3) is 0 Å². The molecule has 5 saturated carbocycles. The summed E-state index contributed by atoms with van der Waals surface area (Å²) in [6, 6.07) is 8.65. The van der Waals surface area contributed by atoms with Crippen LogP contribution in [-0.4, -0.2) is 47.5 Å². The Balaban J connectivity index is 1.28. The predicted molar refractivity (Wildman–Crippen MR) is 136 cm³/mol. The number of carbonyl (C=O) groups is 1. The molecule has 0 heterocycles. The first-order chi connectivity index (χ1) is 16.6. The van der Waals surface area contributed by atoms with Gasteiger partial charge in [-0.3, -0.25) is 4.79 Å². The monoisotopic (exact) mass is 481 g/mol. The van der Waals surface area contributed by atoms with Gasteiger partial charge in [0.2, 0.25) is 0 Å². The molecule has 5 aliphatic carbocycles. The van der Waals surface area contributed by atoms with Crippen LogP contribution in [0.1, 0.15) is 71.3 Å². The Morgan fingerprint density at radius 2 is 1.97 bits per heavy atom. The molecule has 1 spiro atoms. The number of methoxy groups -OCH3 is 1. The lowest BCUT2D eigenvalue weighted by molar-refractivity contribution is -0.221. The quantitative estimate of drug-likeness (QED) is 0.554. The number of Topliss-reactive ketones (excluding diaryl/α,β-unsaturated/α-hetero) is 1. The van der Waals surface area contributed by atoms with Crippen molar-refractivity contribution in [2.75, 3.05) is 19.0 Å². The number of fused-ring (bicyclic) bond motifs is 2. The number of aliphatic hydroxyl groups excluding tert-OH is 1. The number of benzene rings is 1. The van der Waals surface area contributed by atoms with Gasteiger partial charge in [0.1, 0.15) is 11.4 Å². The average molecular weight is 482 g/mol. The number of carbonyl (C=O) groups excluding carboxylic acids is 1. The van der Waals surface area contributed by atoms with Crippen molar-refractivity contribution in [1.29, 1.82) is 0 Å². The van der Waals surface area contributed by atoms with Crippen molar-refractivity contribution in [3.8, 4) is 0 Å². The summed E-state index contributed by atoms with van der Waals surface area (Å²) < 4.78 is 5.83. The molecule has 5 heteroatoms. The Bertz CT molecular complexity index is 1030. The number of hydrogen-bond acceptors (Lipinski definition) is 5. The normalized spacial score (nSPS) is 48.5. The molecule has 10 atom stereocenters. The van der Waals surface area contributed by atoms with Crippen LogP contribution in [0.4, 0.5) is 5.69 Å². The van der Waals surface area contributed by atoms with E-state index in [2.05, 4.69) is 43.4 Å². The van der Waals surface area contributed by atoms with Crippen LogP contribution >= 0.6 is 0 Å². The number of anilines is 1. The minimum atomic E-state index is -1.02. The first kappa shape index (κ1) is 23.9. The highest BCUT2D eigenvalue weighted by atomic mass is 16.5. The maximum Gasteiger partial charge on any atom is 0.141 e. The Morgan fingerprint density at radius 1 is 1.20 bits per heavy atom. The third-order valence-corrected chi connectivity index (χ3v) is 12.2. The molecule has 5 fully saturated rings. The molecule has 1 aromatic rings. The van der Waals surface area contributed by atoms with Gasteiger partial charge in [0.05, 0.1) is 18.1 Å². The highest BCUT2D eigenvalue weighted by Crippen LogP contribution is 2.86. The summed E-state index contributed by atoms with van der Waals surface area (Å²) >= 11 is 0. The van der Waals surface area contributed by atoms with Gasteiger partial charge in [-0.2, -0.15) is 0 Å².